The molecule has 0 spiro atoms. The molecule has 4 nitrogen and oxygen atoms in total. The van der Waals surface area contributed by atoms with E-state index < -0.39 is 0 Å². The highest BCUT2D eigenvalue weighted by Crippen LogP contribution is 2.18. The van der Waals surface area contributed by atoms with Crippen molar-refractivity contribution in [2.45, 2.75) is 19.8 Å². The van der Waals surface area contributed by atoms with E-state index in [0.29, 0.717) is 5.92 Å². The van der Waals surface area contributed by atoms with Crippen LogP contribution in [0.25, 0.3) is 0 Å². The number of likely N-dealkylation sites (tertiary alicyclic amines) is 1. The Morgan fingerprint density at radius 2 is 2.16 bits per heavy atom. The average molecular weight is 262 g/mol. The number of urea groups is 1. The van der Waals surface area contributed by atoms with Crippen molar-refractivity contribution < 1.29 is 9.53 Å². The first-order valence-electron chi connectivity index (χ1n) is 6.80. The number of hydrogen-bond donors (Lipinski definition) is 1. The summed E-state index contributed by atoms with van der Waals surface area (Å²) in [5, 5.41) is 2.95. The summed E-state index contributed by atoms with van der Waals surface area (Å²) in [6.45, 7) is 4.38. The SMILES string of the molecule is COCC1CCCN(C(=O)Nc2ccc(C)cc2)C1. The molecule has 4 heteroatoms. The van der Waals surface area contributed by atoms with Crippen LogP contribution in [0.4, 0.5) is 10.5 Å². The summed E-state index contributed by atoms with van der Waals surface area (Å²) in [4.78, 5) is 14.1. The van der Waals surface area contributed by atoms with Gasteiger partial charge in [-0.25, -0.2) is 4.79 Å². The number of carbonyl (C=O) groups excluding carboxylic acids is 1. The van der Waals surface area contributed by atoms with Gasteiger partial charge in [0.25, 0.3) is 0 Å². The fourth-order valence-electron chi connectivity index (χ4n) is 2.46. The third-order valence-electron chi connectivity index (χ3n) is 3.51. The lowest BCUT2D eigenvalue weighted by molar-refractivity contribution is 0.104. The number of carbonyl (C=O) groups is 1. The zero-order chi connectivity index (χ0) is 13.7. The minimum atomic E-state index is -0.00958. The molecule has 2 rings (SSSR count). The highest BCUT2D eigenvalue weighted by atomic mass is 16.5. The number of ether oxygens (including phenoxy) is 1. The Morgan fingerprint density at radius 1 is 1.42 bits per heavy atom. The van der Waals surface area contributed by atoms with Crippen LogP contribution < -0.4 is 5.32 Å². The average Bonchev–Trinajstić information content (AvgIpc) is 2.42. The summed E-state index contributed by atoms with van der Waals surface area (Å²) in [6, 6.07) is 7.86. The molecule has 1 aliphatic rings. The van der Waals surface area contributed by atoms with Crippen molar-refractivity contribution in [1.29, 1.82) is 0 Å². The van der Waals surface area contributed by atoms with Gasteiger partial charge in [0.1, 0.15) is 0 Å². The Bertz CT molecular complexity index is 415. The Kier molecular flexibility index (Phi) is 4.80. The number of aryl methyl sites for hydroxylation is 1. The van der Waals surface area contributed by atoms with E-state index in [4.69, 9.17) is 4.74 Å². The van der Waals surface area contributed by atoms with Crippen molar-refractivity contribution >= 4 is 11.7 Å². The van der Waals surface area contributed by atoms with Crippen molar-refractivity contribution in [2.24, 2.45) is 5.92 Å². The number of nitrogens with one attached hydrogen (secondary N) is 1. The van der Waals surface area contributed by atoms with Crippen LogP contribution in [-0.2, 0) is 4.74 Å². The van der Waals surface area contributed by atoms with E-state index in [-0.39, 0.29) is 6.03 Å². The predicted molar refractivity (Wildman–Crippen MR) is 76.4 cm³/mol. The molecule has 1 aliphatic heterocycles. The number of methoxy groups -OCH3 is 1. The molecule has 1 aromatic carbocycles. The second kappa shape index (κ2) is 6.57. The minimum absolute atomic E-state index is 0.00958. The van der Waals surface area contributed by atoms with E-state index in [1.807, 2.05) is 36.1 Å². The lowest BCUT2D eigenvalue weighted by Crippen LogP contribution is -2.43. The van der Waals surface area contributed by atoms with E-state index >= 15 is 0 Å². The highest BCUT2D eigenvalue weighted by molar-refractivity contribution is 5.89. The van der Waals surface area contributed by atoms with E-state index in [1.54, 1.807) is 7.11 Å². The Hall–Kier alpha value is -1.55. The van der Waals surface area contributed by atoms with Crippen LogP contribution in [0.1, 0.15) is 18.4 Å². The molecular formula is C15H22N2O2. The second-order valence-electron chi connectivity index (χ2n) is 5.21. The first-order chi connectivity index (χ1) is 9.19. The molecule has 1 heterocycles. The predicted octanol–water partition coefficient (Wildman–Crippen LogP) is 2.89. The maximum absolute atomic E-state index is 12.2. The summed E-state index contributed by atoms with van der Waals surface area (Å²) in [5.74, 6) is 0.461. The number of nitrogens with zero attached hydrogens (tertiary/aromatic N) is 1. The fourth-order valence-corrected chi connectivity index (χ4v) is 2.46. The van der Waals surface area contributed by atoms with Gasteiger partial charge in [-0.05, 0) is 31.9 Å². The van der Waals surface area contributed by atoms with Gasteiger partial charge in [0, 0.05) is 31.8 Å². The van der Waals surface area contributed by atoms with Gasteiger partial charge in [-0.2, -0.15) is 0 Å². The number of hydrogen-bond acceptors (Lipinski definition) is 2. The van der Waals surface area contributed by atoms with E-state index in [1.165, 1.54) is 5.56 Å². The van der Waals surface area contributed by atoms with Crippen molar-refractivity contribution in [3.63, 3.8) is 0 Å². The van der Waals surface area contributed by atoms with Crippen LogP contribution in [-0.4, -0.2) is 37.7 Å². The number of rotatable bonds is 3. The summed E-state index contributed by atoms with van der Waals surface area (Å²) in [5.41, 5.74) is 2.04. The van der Waals surface area contributed by atoms with Crippen LogP contribution >= 0.6 is 0 Å². The van der Waals surface area contributed by atoms with Gasteiger partial charge >= 0.3 is 6.03 Å². The highest BCUT2D eigenvalue weighted by Gasteiger charge is 2.23. The number of benzene rings is 1. The summed E-state index contributed by atoms with van der Waals surface area (Å²) < 4.78 is 5.18. The Morgan fingerprint density at radius 3 is 2.84 bits per heavy atom. The largest absolute Gasteiger partial charge is 0.384 e. The topological polar surface area (TPSA) is 41.6 Å². The lowest BCUT2D eigenvalue weighted by Gasteiger charge is -2.32. The van der Waals surface area contributed by atoms with Crippen molar-refractivity contribution in [1.82, 2.24) is 4.90 Å². The van der Waals surface area contributed by atoms with Crippen molar-refractivity contribution in [2.75, 3.05) is 32.1 Å². The molecule has 0 bridgehead atoms. The van der Waals surface area contributed by atoms with Gasteiger partial charge in [0.2, 0.25) is 0 Å². The maximum Gasteiger partial charge on any atom is 0.321 e. The van der Waals surface area contributed by atoms with Crippen LogP contribution in [0.3, 0.4) is 0 Å². The van der Waals surface area contributed by atoms with Crippen molar-refractivity contribution in [3.05, 3.63) is 29.8 Å². The normalized spacial score (nSPS) is 19.3. The molecule has 19 heavy (non-hydrogen) atoms. The number of piperidine rings is 1. The molecular weight excluding hydrogens is 240 g/mol. The van der Waals surface area contributed by atoms with Gasteiger partial charge in [-0.15, -0.1) is 0 Å². The Balaban J connectivity index is 1.90. The third-order valence-corrected chi connectivity index (χ3v) is 3.51. The molecule has 0 saturated carbocycles. The second-order valence-corrected chi connectivity index (χ2v) is 5.21. The molecule has 2 amide bonds. The Labute approximate surface area is 114 Å². The molecule has 0 radical (unpaired) electrons. The van der Waals surface area contributed by atoms with Crippen LogP contribution in [0.5, 0.6) is 0 Å². The minimum Gasteiger partial charge on any atom is -0.384 e. The van der Waals surface area contributed by atoms with E-state index in [2.05, 4.69) is 5.32 Å². The molecule has 0 aliphatic carbocycles. The zero-order valence-corrected chi connectivity index (χ0v) is 11.7. The van der Waals surface area contributed by atoms with Crippen LogP contribution in [0.15, 0.2) is 24.3 Å². The molecule has 1 saturated heterocycles. The molecule has 1 aromatic rings. The van der Waals surface area contributed by atoms with Crippen LogP contribution in [0.2, 0.25) is 0 Å². The molecule has 1 unspecified atom stereocenters. The van der Waals surface area contributed by atoms with Crippen LogP contribution in [0, 0.1) is 12.8 Å². The summed E-state index contributed by atoms with van der Waals surface area (Å²) in [6.07, 6.45) is 2.19. The van der Waals surface area contributed by atoms with E-state index in [9.17, 15) is 4.79 Å². The van der Waals surface area contributed by atoms with Gasteiger partial charge < -0.3 is 15.0 Å². The quantitative estimate of drug-likeness (QED) is 0.910. The standard InChI is InChI=1S/C15H22N2O2/c1-12-5-7-14(8-6-12)16-15(18)17-9-3-4-13(10-17)11-19-2/h5-8,13H,3-4,9-11H2,1-2H3,(H,16,18). The zero-order valence-electron chi connectivity index (χ0n) is 11.7. The van der Waals surface area contributed by atoms with Gasteiger partial charge in [0.05, 0.1) is 6.61 Å². The molecule has 0 aromatic heterocycles. The lowest BCUT2D eigenvalue weighted by atomic mass is 9.99. The smallest absolute Gasteiger partial charge is 0.321 e. The molecule has 104 valence electrons. The third kappa shape index (κ3) is 3.96. The number of amides is 2. The summed E-state index contributed by atoms with van der Waals surface area (Å²) in [7, 11) is 1.71. The van der Waals surface area contributed by atoms with Gasteiger partial charge in [-0.1, -0.05) is 17.7 Å². The molecule has 1 atom stereocenters. The fraction of sp³-hybridized carbons (Fsp3) is 0.533. The van der Waals surface area contributed by atoms with Gasteiger partial charge in [-0.3, -0.25) is 0 Å². The van der Waals surface area contributed by atoms with Gasteiger partial charge in [0.15, 0.2) is 0 Å². The number of anilines is 1. The van der Waals surface area contributed by atoms with Crippen molar-refractivity contribution in [3.8, 4) is 0 Å². The molecule has 1 fully saturated rings. The first kappa shape index (κ1) is 13.9. The monoisotopic (exact) mass is 262 g/mol. The maximum atomic E-state index is 12.2. The first-order valence-corrected chi connectivity index (χ1v) is 6.80. The summed E-state index contributed by atoms with van der Waals surface area (Å²) >= 11 is 0. The van der Waals surface area contributed by atoms with E-state index in [0.717, 1.165) is 38.2 Å². The molecule has 1 N–H and O–H groups in total.